The highest BCUT2D eigenvalue weighted by molar-refractivity contribution is 6.31. The van der Waals surface area contributed by atoms with E-state index in [2.05, 4.69) is 10.6 Å². The minimum Gasteiger partial charge on any atom is -0.384 e. The van der Waals surface area contributed by atoms with Crippen LogP contribution in [-0.2, 0) is 9.53 Å². The Balaban J connectivity index is 2.13. The first-order chi connectivity index (χ1) is 9.57. The highest BCUT2D eigenvalue weighted by atomic mass is 35.5. The van der Waals surface area contributed by atoms with E-state index in [-0.39, 0.29) is 10.9 Å². The summed E-state index contributed by atoms with van der Waals surface area (Å²) in [5, 5.41) is 6.03. The summed E-state index contributed by atoms with van der Waals surface area (Å²) in [4.78, 5) is 12.5. The molecule has 0 bridgehead atoms. The highest BCUT2D eigenvalue weighted by Gasteiger charge is 2.39. The summed E-state index contributed by atoms with van der Waals surface area (Å²) in [6.45, 7) is 1.93. The molecule has 1 saturated heterocycles. The third-order valence-electron chi connectivity index (χ3n) is 3.64. The fourth-order valence-corrected chi connectivity index (χ4v) is 2.64. The smallest absolute Gasteiger partial charge is 0.233 e. The van der Waals surface area contributed by atoms with Crippen LogP contribution in [0.15, 0.2) is 18.2 Å². The highest BCUT2D eigenvalue weighted by Crippen LogP contribution is 2.31. The molecule has 0 saturated carbocycles. The molecule has 0 aromatic heterocycles. The van der Waals surface area contributed by atoms with Gasteiger partial charge in [-0.15, -0.1) is 0 Å². The number of carbonyl (C=O) groups excluding carboxylic acids is 1. The maximum absolute atomic E-state index is 13.1. The van der Waals surface area contributed by atoms with Crippen LogP contribution in [0.2, 0.25) is 5.02 Å². The molecule has 6 heteroatoms. The predicted octanol–water partition coefficient (Wildman–Crippen LogP) is 2.43. The zero-order valence-electron chi connectivity index (χ0n) is 11.3. The SMILES string of the molecule is COCC1(C(=O)Nc2ccc(F)c(Cl)c2)CCNCC1. The van der Waals surface area contributed by atoms with Gasteiger partial charge in [0.05, 0.1) is 17.0 Å². The quantitative estimate of drug-likeness (QED) is 0.898. The van der Waals surface area contributed by atoms with Crippen molar-refractivity contribution in [2.75, 3.05) is 32.1 Å². The Labute approximate surface area is 122 Å². The van der Waals surface area contributed by atoms with Crippen molar-refractivity contribution in [2.24, 2.45) is 5.41 Å². The number of benzene rings is 1. The molecule has 110 valence electrons. The summed E-state index contributed by atoms with van der Waals surface area (Å²) < 4.78 is 18.3. The number of halogens is 2. The number of carbonyl (C=O) groups is 1. The van der Waals surface area contributed by atoms with E-state index in [1.165, 1.54) is 18.2 Å². The van der Waals surface area contributed by atoms with E-state index in [4.69, 9.17) is 16.3 Å². The van der Waals surface area contributed by atoms with E-state index in [1.54, 1.807) is 7.11 Å². The van der Waals surface area contributed by atoms with Crippen LogP contribution in [0.5, 0.6) is 0 Å². The fraction of sp³-hybridized carbons (Fsp3) is 0.500. The van der Waals surface area contributed by atoms with Gasteiger partial charge in [-0.1, -0.05) is 11.6 Å². The van der Waals surface area contributed by atoms with Gasteiger partial charge in [0.25, 0.3) is 0 Å². The van der Waals surface area contributed by atoms with Crippen molar-refractivity contribution in [1.29, 1.82) is 0 Å². The van der Waals surface area contributed by atoms with Gasteiger partial charge in [-0.3, -0.25) is 4.79 Å². The number of anilines is 1. The molecule has 1 heterocycles. The minimum absolute atomic E-state index is 0.00565. The number of amides is 1. The van der Waals surface area contributed by atoms with Gasteiger partial charge in [0.2, 0.25) is 5.91 Å². The molecule has 1 fully saturated rings. The number of rotatable bonds is 4. The summed E-state index contributed by atoms with van der Waals surface area (Å²) in [7, 11) is 1.59. The Morgan fingerprint density at radius 3 is 2.80 bits per heavy atom. The molecular formula is C14H18ClFN2O2. The average Bonchev–Trinajstić information content (AvgIpc) is 2.44. The number of nitrogens with one attached hydrogen (secondary N) is 2. The number of piperidine rings is 1. The second-order valence-corrected chi connectivity index (χ2v) is 5.45. The topological polar surface area (TPSA) is 50.4 Å². The van der Waals surface area contributed by atoms with E-state index in [9.17, 15) is 9.18 Å². The first-order valence-electron chi connectivity index (χ1n) is 6.53. The third-order valence-corrected chi connectivity index (χ3v) is 3.93. The lowest BCUT2D eigenvalue weighted by atomic mass is 9.78. The van der Waals surface area contributed by atoms with Crippen molar-refractivity contribution in [3.8, 4) is 0 Å². The van der Waals surface area contributed by atoms with E-state index >= 15 is 0 Å². The van der Waals surface area contributed by atoms with Crippen LogP contribution in [0.1, 0.15) is 12.8 Å². The van der Waals surface area contributed by atoms with Crippen LogP contribution in [-0.4, -0.2) is 32.7 Å². The molecule has 0 radical (unpaired) electrons. The first kappa shape index (κ1) is 15.2. The summed E-state index contributed by atoms with van der Waals surface area (Å²) in [5.41, 5.74) is -0.0451. The minimum atomic E-state index is -0.541. The predicted molar refractivity (Wildman–Crippen MR) is 76.5 cm³/mol. The largest absolute Gasteiger partial charge is 0.384 e. The molecule has 0 spiro atoms. The summed E-state index contributed by atoms with van der Waals surface area (Å²) in [6, 6.07) is 4.15. The molecule has 1 amide bonds. The zero-order valence-corrected chi connectivity index (χ0v) is 12.1. The van der Waals surface area contributed by atoms with Crippen molar-refractivity contribution in [3.63, 3.8) is 0 Å². The van der Waals surface area contributed by atoms with Crippen molar-refractivity contribution < 1.29 is 13.9 Å². The van der Waals surface area contributed by atoms with Gasteiger partial charge in [-0.2, -0.15) is 0 Å². The summed E-state index contributed by atoms with van der Waals surface area (Å²) >= 11 is 5.72. The summed E-state index contributed by atoms with van der Waals surface area (Å²) in [5.74, 6) is -0.610. The average molecular weight is 301 g/mol. The molecule has 4 nitrogen and oxygen atoms in total. The number of methoxy groups -OCH3 is 1. The van der Waals surface area contributed by atoms with E-state index in [0.29, 0.717) is 25.1 Å². The molecule has 1 aliphatic rings. The van der Waals surface area contributed by atoms with Crippen molar-refractivity contribution in [1.82, 2.24) is 5.32 Å². The lowest BCUT2D eigenvalue weighted by Crippen LogP contribution is -2.47. The van der Waals surface area contributed by atoms with Crippen LogP contribution < -0.4 is 10.6 Å². The standard InChI is InChI=1S/C14H18ClFN2O2/c1-20-9-14(4-6-17-7-5-14)13(19)18-10-2-3-12(16)11(15)8-10/h2-3,8,17H,4-7,9H2,1H3,(H,18,19). The van der Waals surface area contributed by atoms with E-state index in [0.717, 1.165) is 13.1 Å². The lowest BCUT2D eigenvalue weighted by Gasteiger charge is -2.35. The molecule has 2 rings (SSSR count). The van der Waals surface area contributed by atoms with Crippen LogP contribution in [0.3, 0.4) is 0 Å². The Morgan fingerprint density at radius 1 is 1.50 bits per heavy atom. The molecule has 0 atom stereocenters. The van der Waals surface area contributed by atoms with Crippen molar-refractivity contribution in [2.45, 2.75) is 12.8 Å². The monoisotopic (exact) mass is 300 g/mol. The van der Waals surface area contributed by atoms with Crippen LogP contribution in [0, 0.1) is 11.2 Å². The van der Waals surface area contributed by atoms with Gasteiger partial charge in [0, 0.05) is 12.8 Å². The Morgan fingerprint density at radius 2 is 2.20 bits per heavy atom. The molecular weight excluding hydrogens is 283 g/mol. The van der Waals surface area contributed by atoms with E-state index in [1.807, 2.05) is 0 Å². The lowest BCUT2D eigenvalue weighted by molar-refractivity contribution is -0.130. The van der Waals surface area contributed by atoms with Gasteiger partial charge < -0.3 is 15.4 Å². The van der Waals surface area contributed by atoms with Crippen LogP contribution in [0.4, 0.5) is 10.1 Å². The second-order valence-electron chi connectivity index (χ2n) is 5.05. The number of hydrogen-bond donors (Lipinski definition) is 2. The van der Waals surface area contributed by atoms with Crippen LogP contribution in [0.25, 0.3) is 0 Å². The molecule has 0 unspecified atom stereocenters. The van der Waals surface area contributed by atoms with Crippen molar-refractivity contribution in [3.05, 3.63) is 29.0 Å². The fourth-order valence-electron chi connectivity index (χ4n) is 2.46. The Kier molecular flexibility index (Phi) is 4.96. The molecule has 1 aliphatic heterocycles. The van der Waals surface area contributed by atoms with Gasteiger partial charge >= 0.3 is 0 Å². The number of ether oxygens (including phenoxy) is 1. The Hall–Kier alpha value is -1.17. The first-order valence-corrected chi connectivity index (χ1v) is 6.91. The molecule has 1 aromatic carbocycles. The van der Waals surface area contributed by atoms with Crippen LogP contribution >= 0.6 is 11.6 Å². The molecule has 2 N–H and O–H groups in total. The maximum Gasteiger partial charge on any atom is 0.233 e. The van der Waals surface area contributed by atoms with Gasteiger partial charge in [0.15, 0.2) is 0 Å². The van der Waals surface area contributed by atoms with Gasteiger partial charge in [0.1, 0.15) is 5.82 Å². The second kappa shape index (κ2) is 6.52. The Bertz CT molecular complexity index is 485. The maximum atomic E-state index is 13.1. The molecule has 0 aliphatic carbocycles. The van der Waals surface area contributed by atoms with E-state index < -0.39 is 11.2 Å². The molecule has 20 heavy (non-hydrogen) atoms. The summed E-state index contributed by atoms with van der Waals surface area (Å²) in [6.07, 6.45) is 1.42. The van der Waals surface area contributed by atoms with Gasteiger partial charge in [-0.05, 0) is 44.1 Å². The zero-order chi connectivity index (χ0) is 14.6. The normalized spacial score (nSPS) is 17.8. The number of hydrogen-bond acceptors (Lipinski definition) is 3. The van der Waals surface area contributed by atoms with Gasteiger partial charge in [-0.25, -0.2) is 4.39 Å². The molecule has 1 aromatic rings. The third kappa shape index (κ3) is 3.29. The van der Waals surface area contributed by atoms with Crippen molar-refractivity contribution >= 4 is 23.2 Å².